The fourth-order valence-corrected chi connectivity index (χ4v) is 1.26. The van der Waals surface area contributed by atoms with E-state index in [1.807, 2.05) is 0 Å². The van der Waals surface area contributed by atoms with Crippen LogP contribution in [0.5, 0.6) is 0 Å². The molecule has 16 heavy (non-hydrogen) atoms. The zero-order chi connectivity index (χ0) is 11.8. The number of benzene rings is 1. The van der Waals surface area contributed by atoms with Gasteiger partial charge in [0.25, 0.3) is 0 Å². The molecule has 1 aromatic carbocycles. The van der Waals surface area contributed by atoms with E-state index >= 15 is 0 Å². The fourth-order valence-electron chi connectivity index (χ4n) is 1.26. The van der Waals surface area contributed by atoms with Crippen molar-refractivity contribution in [3.63, 3.8) is 0 Å². The minimum absolute atomic E-state index is 0.00632. The molecule has 82 valence electrons. The predicted molar refractivity (Wildman–Crippen MR) is 49.9 cm³/mol. The lowest BCUT2D eigenvalue weighted by molar-refractivity contribution is -0.137. The molecular weight excluding hydrogens is 221 g/mol. The van der Waals surface area contributed by atoms with Crippen LogP contribution in [-0.4, -0.2) is 16.3 Å². The van der Waals surface area contributed by atoms with E-state index in [9.17, 15) is 18.0 Å². The molecule has 1 aromatic heterocycles. The number of hydrogen-bond acceptors (Lipinski definition) is 3. The van der Waals surface area contributed by atoms with Gasteiger partial charge >= 0.3 is 6.18 Å². The summed E-state index contributed by atoms with van der Waals surface area (Å²) in [7, 11) is 0. The van der Waals surface area contributed by atoms with E-state index in [4.69, 9.17) is 0 Å². The lowest BCUT2D eigenvalue weighted by Crippen LogP contribution is -2.05. The fraction of sp³-hybridized carbons (Fsp3) is 0.100. The predicted octanol–water partition coefficient (Wildman–Crippen LogP) is 2.46. The largest absolute Gasteiger partial charge is 0.416 e. The number of rotatable bonds is 1. The van der Waals surface area contributed by atoms with Crippen molar-refractivity contribution in [2.24, 2.45) is 0 Å². The molecule has 0 N–H and O–H groups in total. The summed E-state index contributed by atoms with van der Waals surface area (Å²) < 4.78 is 37.1. The van der Waals surface area contributed by atoms with Gasteiger partial charge in [-0.15, -0.1) is 0 Å². The number of halogens is 3. The maximum Gasteiger partial charge on any atom is 0.416 e. The number of carbonyl (C=O) groups is 1. The van der Waals surface area contributed by atoms with E-state index in [0.29, 0.717) is 11.8 Å². The summed E-state index contributed by atoms with van der Waals surface area (Å²) in [5, 5.41) is 0. The highest BCUT2D eigenvalue weighted by molar-refractivity contribution is 5.80. The van der Waals surface area contributed by atoms with Crippen LogP contribution in [0.3, 0.4) is 0 Å². The molecule has 3 nitrogen and oxygen atoms in total. The number of alkyl halides is 3. The van der Waals surface area contributed by atoms with Gasteiger partial charge in [0.2, 0.25) is 0 Å². The third-order valence-electron chi connectivity index (χ3n) is 2.01. The second-order valence-corrected chi connectivity index (χ2v) is 3.11. The van der Waals surface area contributed by atoms with Crippen LogP contribution < -0.4 is 0 Å². The van der Waals surface area contributed by atoms with E-state index in [0.717, 1.165) is 12.1 Å². The zero-order valence-electron chi connectivity index (χ0n) is 7.82. The van der Waals surface area contributed by atoms with Crippen LogP contribution in [0.2, 0.25) is 0 Å². The van der Waals surface area contributed by atoms with Gasteiger partial charge in [-0.3, -0.25) is 9.78 Å². The van der Waals surface area contributed by atoms with Crippen LogP contribution in [0.1, 0.15) is 16.1 Å². The first-order valence-electron chi connectivity index (χ1n) is 4.30. The summed E-state index contributed by atoms with van der Waals surface area (Å²) in [5.74, 6) is 0. The summed E-state index contributed by atoms with van der Waals surface area (Å²) in [6, 6.07) is 3.02. The van der Waals surface area contributed by atoms with Crippen LogP contribution in [0, 0.1) is 0 Å². The molecule has 0 saturated carbocycles. The number of aldehydes is 1. The smallest absolute Gasteiger partial charge is 0.296 e. The van der Waals surface area contributed by atoms with Gasteiger partial charge in [-0.25, -0.2) is 4.98 Å². The van der Waals surface area contributed by atoms with Crippen LogP contribution in [0.15, 0.2) is 24.4 Å². The topological polar surface area (TPSA) is 42.9 Å². The quantitative estimate of drug-likeness (QED) is 0.701. The molecule has 2 aromatic rings. The van der Waals surface area contributed by atoms with Crippen molar-refractivity contribution in [3.05, 3.63) is 35.7 Å². The molecule has 0 amide bonds. The second-order valence-electron chi connectivity index (χ2n) is 3.11. The summed E-state index contributed by atoms with van der Waals surface area (Å²) in [6.07, 6.45) is -2.78. The van der Waals surface area contributed by atoms with Crippen molar-refractivity contribution in [1.82, 2.24) is 9.97 Å². The second kappa shape index (κ2) is 3.55. The molecule has 0 saturated heterocycles. The molecule has 2 rings (SSSR count). The molecule has 0 aliphatic heterocycles. The standard InChI is InChI=1S/C10H5F3N2O/c11-10(12,13)6-1-2-8-9(3-6)15-7(5-16)4-14-8/h1-5H. The Kier molecular flexibility index (Phi) is 2.34. The van der Waals surface area contributed by atoms with Crippen molar-refractivity contribution in [1.29, 1.82) is 0 Å². The van der Waals surface area contributed by atoms with Crippen LogP contribution >= 0.6 is 0 Å². The minimum Gasteiger partial charge on any atom is -0.296 e. The van der Waals surface area contributed by atoms with Gasteiger partial charge in [0, 0.05) is 0 Å². The molecule has 0 spiro atoms. The average molecular weight is 226 g/mol. The summed E-state index contributed by atoms with van der Waals surface area (Å²) >= 11 is 0. The zero-order valence-corrected chi connectivity index (χ0v) is 7.82. The molecule has 1 heterocycles. The molecule has 0 atom stereocenters. The van der Waals surface area contributed by atoms with Gasteiger partial charge in [-0.2, -0.15) is 13.2 Å². The van der Waals surface area contributed by atoms with Crippen molar-refractivity contribution in [2.45, 2.75) is 6.18 Å². The van der Waals surface area contributed by atoms with Gasteiger partial charge in [-0.05, 0) is 18.2 Å². The Morgan fingerprint density at radius 3 is 2.56 bits per heavy atom. The van der Waals surface area contributed by atoms with Crippen molar-refractivity contribution in [2.75, 3.05) is 0 Å². The average Bonchev–Trinajstić information content (AvgIpc) is 2.26. The van der Waals surface area contributed by atoms with Crippen molar-refractivity contribution >= 4 is 17.3 Å². The highest BCUT2D eigenvalue weighted by Gasteiger charge is 2.30. The first kappa shape index (κ1) is 10.5. The Balaban J connectivity index is 2.64. The molecule has 0 unspecified atom stereocenters. The van der Waals surface area contributed by atoms with Gasteiger partial charge in [0.15, 0.2) is 6.29 Å². The molecule has 0 aliphatic carbocycles. The number of carbonyl (C=O) groups excluding carboxylic acids is 1. The van der Waals surface area contributed by atoms with E-state index < -0.39 is 11.7 Å². The van der Waals surface area contributed by atoms with Crippen LogP contribution in [0.25, 0.3) is 11.0 Å². The SMILES string of the molecule is O=Cc1cnc2ccc(C(F)(F)F)cc2n1. The van der Waals surface area contributed by atoms with Gasteiger partial charge in [0.1, 0.15) is 5.69 Å². The first-order valence-corrected chi connectivity index (χ1v) is 4.30. The third-order valence-corrected chi connectivity index (χ3v) is 2.01. The third kappa shape index (κ3) is 1.86. The van der Waals surface area contributed by atoms with Gasteiger partial charge in [0.05, 0.1) is 22.8 Å². The molecule has 0 radical (unpaired) electrons. The molecular formula is C10H5F3N2O. The van der Waals surface area contributed by atoms with Crippen LogP contribution in [-0.2, 0) is 6.18 Å². The monoisotopic (exact) mass is 226 g/mol. The number of aromatic nitrogens is 2. The Labute approximate surface area is 87.9 Å². The summed E-state index contributed by atoms with van der Waals surface area (Å²) in [6.45, 7) is 0. The summed E-state index contributed by atoms with van der Waals surface area (Å²) in [5.41, 5.74) is -0.429. The normalized spacial score (nSPS) is 11.7. The van der Waals surface area contributed by atoms with Gasteiger partial charge in [-0.1, -0.05) is 0 Å². The lowest BCUT2D eigenvalue weighted by Gasteiger charge is -2.06. The number of fused-ring (bicyclic) bond motifs is 1. The summed E-state index contributed by atoms with van der Waals surface area (Å²) in [4.78, 5) is 18.0. The highest BCUT2D eigenvalue weighted by atomic mass is 19.4. The molecule has 0 bridgehead atoms. The number of nitrogens with zero attached hydrogens (tertiary/aromatic N) is 2. The van der Waals surface area contributed by atoms with E-state index in [1.165, 1.54) is 12.3 Å². The molecule has 6 heteroatoms. The number of hydrogen-bond donors (Lipinski definition) is 0. The highest BCUT2D eigenvalue weighted by Crippen LogP contribution is 2.30. The Morgan fingerprint density at radius 2 is 1.94 bits per heavy atom. The van der Waals surface area contributed by atoms with E-state index in [2.05, 4.69) is 9.97 Å². The van der Waals surface area contributed by atoms with Crippen molar-refractivity contribution < 1.29 is 18.0 Å². The van der Waals surface area contributed by atoms with E-state index in [1.54, 1.807) is 0 Å². The van der Waals surface area contributed by atoms with Gasteiger partial charge < -0.3 is 0 Å². The minimum atomic E-state index is -4.42. The van der Waals surface area contributed by atoms with E-state index in [-0.39, 0.29) is 11.2 Å². The first-order chi connectivity index (χ1) is 7.50. The Morgan fingerprint density at radius 1 is 1.19 bits per heavy atom. The Hall–Kier alpha value is -1.98. The molecule has 0 fully saturated rings. The van der Waals surface area contributed by atoms with Crippen molar-refractivity contribution in [3.8, 4) is 0 Å². The molecule has 0 aliphatic rings. The maximum absolute atomic E-state index is 12.4. The Bertz CT molecular complexity index is 551. The lowest BCUT2D eigenvalue weighted by atomic mass is 10.2. The maximum atomic E-state index is 12.4. The van der Waals surface area contributed by atoms with Crippen LogP contribution in [0.4, 0.5) is 13.2 Å².